The second-order valence-corrected chi connectivity index (χ2v) is 5.19. The Labute approximate surface area is 102 Å². The summed E-state index contributed by atoms with van der Waals surface area (Å²) < 4.78 is 0. The first-order valence-electron chi connectivity index (χ1n) is 6.52. The van der Waals surface area contributed by atoms with Crippen molar-refractivity contribution in [3.8, 4) is 0 Å². The molecule has 1 aromatic rings. The number of hydrogen-bond acceptors (Lipinski definition) is 4. The second-order valence-electron chi connectivity index (χ2n) is 5.19. The molecule has 0 unspecified atom stereocenters. The fourth-order valence-corrected chi connectivity index (χ4v) is 3.09. The Morgan fingerprint density at radius 1 is 1.29 bits per heavy atom. The van der Waals surface area contributed by atoms with Crippen molar-refractivity contribution in [2.45, 2.75) is 38.1 Å². The molecule has 1 aliphatic carbocycles. The molecule has 0 saturated carbocycles. The molecule has 17 heavy (non-hydrogen) atoms. The van der Waals surface area contributed by atoms with Crippen molar-refractivity contribution >= 4 is 11.4 Å². The lowest BCUT2D eigenvalue weighted by atomic mass is 10.0. The largest absolute Gasteiger partial charge is 0.396 e. The summed E-state index contributed by atoms with van der Waals surface area (Å²) in [6.45, 7) is 2.01. The Morgan fingerprint density at radius 2 is 2.18 bits per heavy atom. The Balaban J connectivity index is 1.99. The maximum absolute atomic E-state index is 6.12. The van der Waals surface area contributed by atoms with Crippen LogP contribution in [0.4, 0.5) is 11.4 Å². The van der Waals surface area contributed by atoms with E-state index in [2.05, 4.69) is 9.88 Å². The first kappa shape index (κ1) is 10.8. The molecule has 1 aliphatic heterocycles. The van der Waals surface area contributed by atoms with Gasteiger partial charge in [0.25, 0.3) is 0 Å². The zero-order chi connectivity index (χ0) is 11.8. The van der Waals surface area contributed by atoms with E-state index in [4.69, 9.17) is 11.5 Å². The van der Waals surface area contributed by atoms with E-state index in [0.29, 0.717) is 0 Å². The summed E-state index contributed by atoms with van der Waals surface area (Å²) >= 11 is 0. The lowest BCUT2D eigenvalue weighted by molar-refractivity contribution is 0.505. The normalized spacial score (nSPS) is 23.8. The highest BCUT2D eigenvalue weighted by Crippen LogP contribution is 2.35. The van der Waals surface area contributed by atoms with Crippen molar-refractivity contribution in [1.82, 2.24) is 4.98 Å². The van der Waals surface area contributed by atoms with E-state index < -0.39 is 0 Å². The predicted molar refractivity (Wildman–Crippen MR) is 70.1 cm³/mol. The van der Waals surface area contributed by atoms with E-state index in [1.54, 1.807) is 0 Å². The van der Waals surface area contributed by atoms with E-state index in [9.17, 15) is 0 Å². The molecule has 1 aromatic heterocycles. The highest BCUT2D eigenvalue weighted by molar-refractivity contribution is 5.72. The molecular weight excluding hydrogens is 212 g/mol. The zero-order valence-electron chi connectivity index (χ0n) is 10.2. The van der Waals surface area contributed by atoms with Gasteiger partial charge in [-0.1, -0.05) is 0 Å². The van der Waals surface area contributed by atoms with E-state index >= 15 is 0 Å². The maximum Gasteiger partial charge on any atom is 0.0741 e. The lowest BCUT2D eigenvalue weighted by Crippen LogP contribution is -2.43. The third kappa shape index (κ3) is 1.86. The van der Waals surface area contributed by atoms with Gasteiger partial charge in [0.1, 0.15) is 0 Å². The minimum atomic E-state index is 0.286. The van der Waals surface area contributed by atoms with Gasteiger partial charge in [0.15, 0.2) is 0 Å². The number of piperidine rings is 1. The number of hydrogen-bond donors (Lipinski definition) is 2. The van der Waals surface area contributed by atoms with Crippen LogP contribution in [0.15, 0.2) is 6.20 Å². The number of pyridine rings is 1. The molecule has 3 rings (SSSR count). The lowest BCUT2D eigenvalue weighted by Gasteiger charge is -2.34. The molecule has 0 aromatic carbocycles. The molecule has 0 spiro atoms. The summed E-state index contributed by atoms with van der Waals surface area (Å²) in [7, 11) is 0. The Morgan fingerprint density at radius 3 is 3.00 bits per heavy atom. The zero-order valence-corrected chi connectivity index (χ0v) is 10.2. The second kappa shape index (κ2) is 4.18. The van der Waals surface area contributed by atoms with Crippen LogP contribution < -0.4 is 16.4 Å². The SMILES string of the molecule is Nc1cnc2c(c1N1CCC[C@H](N)C1)CCC2. The van der Waals surface area contributed by atoms with Crippen LogP contribution in [-0.4, -0.2) is 24.1 Å². The minimum absolute atomic E-state index is 0.286. The average Bonchev–Trinajstić information content (AvgIpc) is 2.76. The van der Waals surface area contributed by atoms with E-state index in [-0.39, 0.29) is 6.04 Å². The molecule has 4 heteroatoms. The fraction of sp³-hybridized carbons (Fsp3) is 0.615. The monoisotopic (exact) mass is 232 g/mol. The van der Waals surface area contributed by atoms with E-state index in [1.807, 2.05) is 6.20 Å². The fourth-order valence-electron chi connectivity index (χ4n) is 3.09. The molecule has 0 amide bonds. The van der Waals surface area contributed by atoms with Crippen LogP contribution >= 0.6 is 0 Å². The summed E-state index contributed by atoms with van der Waals surface area (Å²) in [5, 5.41) is 0. The van der Waals surface area contributed by atoms with Gasteiger partial charge >= 0.3 is 0 Å². The van der Waals surface area contributed by atoms with Crippen molar-refractivity contribution < 1.29 is 0 Å². The van der Waals surface area contributed by atoms with Crippen LogP contribution in [0, 0.1) is 0 Å². The Bertz CT molecular complexity index is 430. The summed E-state index contributed by atoms with van der Waals surface area (Å²) in [6, 6.07) is 0.286. The molecule has 1 fully saturated rings. The minimum Gasteiger partial charge on any atom is -0.396 e. The van der Waals surface area contributed by atoms with Crippen molar-refractivity contribution in [3.05, 3.63) is 17.5 Å². The first-order chi connectivity index (χ1) is 8.25. The molecule has 0 radical (unpaired) electrons. The van der Waals surface area contributed by atoms with Gasteiger partial charge in [-0.2, -0.15) is 0 Å². The number of aryl methyl sites for hydroxylation is 1. The van der Waals surface area contributed by atoms with Crippen LogP contribution in [-0.2, 0) is 12.8 Å². The van der Waals surface area contributed by atoms with E-state index in [0.717, 1.165) is 44.5 Å². The van der Waals surface area contributed by atoms with Crippen LogP contribution in [0.5, 0.6) is 0 Å². The number of aromatic nitrogens is 1. The van der Waals surface area contributed by atoms with Gasteiger partial charge in [-0.05, 0) is 37.7 Å². The van der Waals surface area contributed by atoms with Crippen molar-refractivity contribution in [1.29, 1.82) is 0 Å². The molecule has 4 N–H and O–H groups in total. The molecule has 1 saturated heterocycles. The number of fused-ring (bicyclic) bond motifs is 1. The Hall–Kier alpha value is -1.29. The molecule has 2 heterocycles. The quantitative estimate of drug-likeness (QED) is 0.760. The number of anilines is 2. The highest BCUT2D eigenvalue weighted by Gasteiger charge is 2.25. The average molecular weight is 232 g/mol. The van der Waals surface area contributed by atoms with Gasteiger partial charge in [-0.15, -0.1) is 0 Å². The molecule has 92 valence electrons. The Kier molecular flexibility index (Phi) is 2.67. The third-order valence-electron chi connectivity index (χ3n) is 3.88. The van der Waals surface area contributed by atoms with Crippen LogP contribution in [0.2, 0.25) is 0 Å². The van der Waals surface area contributed by atoms with Gasteiger partial charge in [-0.3, -0.25) is 4.98 Å². The summed E-state index contributed by atoms with van der Waals surface area (Å²) in [6.07, 6.45) is 7.54. The van der Waals surface area contributed by atoms with Gasteiger partial charge in [0.05, 0.1) is 17.6 Å². The number of nitrogen functional groups attached to an aromatic ring is 1. The summed E-state index contributed by atoms with van der Waals surface area (Å²) in [5.74, 6) is 0. The number of nitrogens with zero attached hydrogens (tertiary/aromatic N) is 2. The molecule has 1 atom stereocenters. The number of rotatable bonds is 1. The first-order valence-corrected chi connectivity index (χ1v) is 6.52. The van der Waals surface area contributed by atoms with Gasteiger partial charge in [-0.25, -0.2) is 0 Å². The van der Waals surface area contributed by atoms with Gasteiger partial charge < -0.3 is 16.4 Å². The van der Waals surface area contributed by atoms with Crippen LogP contribution in [0.25, 0.3) is 0 Å². The summed E-state index contributed by atoms with van der Waals surface area (Å²) in [5.41, 5.74) is 16.8. The van der Waals surface area contributed by atoms with Gasteiger partial charge in [0.2, 0.25) is 0 Å². The van der Waals surface area contributed by atoms with E-state index in [1.165, 1.54) is 23.4 Å². The van der Waals surface area contributed by atoms with Crippen LogP contribution in [0.1, 0.15) is 30.5 Å². The molecule has 0 bridgehead atoms. The topological polar surface area (TPSA) is 68.2 Å². The van der Waals surface area contributed by atoms with Crippen molar-refractivity contribution in [3.63, 3.8) is 0 Å². The molecule has 2 aliphatic rings. The molecule has 4 nitrogen and oxygen atoms in total. The number of nitrogens with two attached hydrogens (primary N) is 2. The van der Waals surface area contributed by atoms with Crippen LogP contribution in [0.3, 0.4) is 0 Å². The smallest absolute Gasteiger partial charge is 0.0741 e. The summed E-state index contributed by atoms with van der Waals surface area (Å²) in [4.78, 5) is 6.82. The van der Waals surface area contributed by atoms with Crippen molar-refractivity contribution in [2.75, 3.05) is 23.7 Å². The highest BCUT2D eigenvalue weighted by atomic mass is 15.2. The molecular formula is C13H20N4. The standard InChI is InChI=1S/C13H20N4/c14-9-3-2-6-17(8-9)13-10-4-1-5-12(10)16-7-11(13)15/h7,9H,1-6,8,14-15H2/t9-/m0/s1. The van der Waals surface area contributed by atoms with Crippen molar-refractivity contribution in [2.24, 2.45) is 5.73 Å². The predicted octanol–water partition coefficient (Wildman–Crippen LogP) is 1.08. The maximum atomic E-state index is 6.12. The third-order valence-corrected chi connectivity index (χ3v) is 3.88. The van der Waals surface area contributed by atoms with Gasteiger partial charge in [0, 0.05) is 24.8 Å².